The lowest BCUT2D eigenvalue weighted by molar-refractivity contribution is 0.312. The first-order valence-electron chi connectivity index (χ1n) is 4.76. The van der Waals surface area contributed by atoms with Crippen molar-refractivity contribution >= 4 is 0 Å². The van der Waals surface area contributed by atoms with Gasteiger partial charge in [-0.15, -0.1) is 0 Å². The predicted octanol–water partition coefficient (Wildman–Crippen LogP) is 3.88. The fraction of sp³-hybridized carbons (Fsp3) is 0.818. The monoisotopic (exact) mass is 154 g/mol. The molecule has 0 radical (unpaired) electrons. The molecule has 0 aromatic carbocycles. The lowest BCUT2D eigenvalue weighted by Gasteiger charge is -2.22. The highest BCUT2D eigenvalue weighted by atomic mass is 14.2. The topological polar surface area (TPSA) is 0 Å². The molecule has 3 unspecified atom stereocenters. The summed E-state index contributed by atoms with van der Waals surface area (Å²) in [6, 6.07) is 0. The molecule has 0 aromatic rings. The van der Waals surface area contributed by atoms with Gasteiger partial charge in [-0.2, -0.15) is 0 Å². The molecule has 0 saturated carbocycles. The largest absolute Gasteiger partial charge is 0.0914 e. The molecule has 0 fully saturated rings. The summed E-state index contributed by atoms with van der Waals surface area (Å²) in [5, 5.41) is 0. The van der Waals surface area contributed by atoms with Crippen LogP contribution in [0.1, 0.15) is 41.0 Å². The fourth-order valence-corrected chi connectivity index (χ4v) is 1.37. The fourth-order valence-electron chi connectivity index (χ4n) is 1.37. The lowest BCUT2D eigenvalue weighted by Crippen LogP contribution is -2.13. The summed E-state index contributed by atoms with van der Waals surface area (Å²) in [4.78, 5) is 0. The number of allylic oxidation sites excluding steroid dienone is 2. The molecule has 11 heavy (non-hydrogen) atoms. The average Bonchev–Trinajstić information content (AvgIpc) is 2.02. The summed E-state index contributed by atoms with van der Waals surface area (Å²) in [5.74, 6) is 2.40. The molecule has 0 nitrogen and oxygen atoms in total. The molecule has 0 amide bonds. The van der Waals surface area contributed by atoms with Crippen molar-refractivity contribution in [3.8, 4) is 0 Å². The molecule has 0 aliphatic heterocycles. The summed E-state index contributed by atoms with van der Waals surface area (Å²) < 4.78 is 0. The van der Waals surface area contributed by atoms with E-state index in [0.29, 0.717) is 0 Å². The Morgan fingerprint density at radius 3 is 2.09 bits per heavy atom. The standard InChI is InChI=1S/C11H22/c1-6-8-10(4)11(5)9(3)7-2/h6,8-11H,7H2,1-5H3. The Balaban J connectivity index is 3.90. The Labute approximate surface area is 71.7 Å². The van der Waals surface area contributed by atoms with Gasteiger partial charge in [-0.3, -0.25) is 0 Å². The molecule has 0 aliphatic carbocycles. The molecule has 0 bridgehead atoms. The van der Waals surface area contributed by atoms with Gasteiger partial charge >= 0.3 is 0 Å². The van der Waals surface area contributed by atoms with Crippen LogP contribution in [0.25, 0.3) is 0 Å². The van der Waals surface area contributed by atoms with Gasteiger partial charge in [0.25, 0.3) is 0 Å². The normalized spacial score (nSPS) is 20.1. The molecule has 0 rings (SSSR count). The van der Waals surface area contributed by atoms with E-state index in [9.17, 15) is 0 Å². The van der Waals surface area contributed by atoms with E-state index in [1.54, 1.807) is 0 Å². The van der Waals surface area contributed by atoms with E-state index in [1.807, 2.05) is 0 Å². The zero-order chi connectivity index (χ0) is 8.85. The van der Waals surface area contributed by atoms with Crippen molar-refractivity contribution in [2.75, 3.05) is 0 Å². The van der Waals surface area contributed by atoms with Crippen molar-refractivity contribution in [3.05, 3.63) is 12.2 Å². The summed E-state index contributed by atoms with van der Waals surface area (Å²) in [7, 11) is 0. The van der Waals surface area contributed by atoms with Gasteiger partial charge in [-0.25, -0.2) is 0 Å². The van der Waals surface area contributed by atoms with Crippen LogP contribution in [0.15, 0.2) is 12.2 Å². The third-order valence-electron chi connectivity index (χ3n) is 2.87. The maximum atomic E-state index is 2.35. The highest BCUT2D eigenvalue weighted by Gasteiger charge is 2.14. The minimum atomic E-state index is 0.731. The van der Waals surface area contributed by atoms with E-state index in [4.69, 9.17) is 0 Å². The van der Waals surface area contributed by atoms with Gasteiger partial charge < -0.3 is 0 Å². The Morgan fingerprint density at radius 2 is 1.73 bits per heavy atom. The van der Waals surface area contributed by atoms with Crippen LogP contribution >= 0.6 is 0 Å². The zero-order valence-electron chi connectivity index (χ0n) is 8.59. The first kappa shape index (κ1) is 10.7. The smallest absolute Gasteiger partial charge is 0.0234 e. The summed E-state index contributed by atoms with van der Waals surface area (Å²) in [6.07, 6.45) is 5.75. The Hall–Kier alpha value is -0.260. The summed E-state index contributed by atoms with van der Waals surface area (Å²) >= 11 is 0. The summed E-state index contributed by atoms with van der Waals surface area (Å²) in [6.45, 7) is 11.4. The van der Waals surface area contributed by atoms with Crippen molar-refractivity contribution in [3.63, 3.8) is 0 Å². The second kappa shape index (κ2) is 5.40. The zero-order valence-corrected chi connectivity index (χ0v) is 8.59. The Bertz CT molecular complexity index is 113. The van der Waals surface area contributed by atoms with Crippen molar-refractivity contribution in [2.24, 2.45) is 17.8 Å². The van der Waals surface area contributed by atoms with Gasteiger partial charge in [0.2, 0.25) is 0 Å². The number of hydrogen-bond acceptors (Lipinski definition) is 0. The molecule has 0 heteroatoms. The molecule has 66 valence electrons. The van der Waals surface area contributed by atoms with Gasteiger partial charge in [0.1, 0.15) is 0 Å². The van der Waals surface area contributed by atoms with Crippen LogP contribution in [0.4, 0.5) is 0 Å². The van der Waals surface area contributed by atoms with Crippen LogP contribution in [0, 0.1) is 17.8 Å². The Morgan fingerprint density at radius 1 is 1.18 bits per heavy atom. The SMILES string of the molecule is CC=CC(C)C(C)C(C)CC. The van der Waals surface area contributed by atoms with E-state index in [0.717, 1.165) is 17.8 Å². The van der Waals surface area contributed by atoms with Crippen LogP contribution in [-0.4, -0.2) is 0 Å². The highest BCUT2D eigenvalue weighted by Crippen LogP contribution is 2.23. The van der Waals surface area contributed by atoms with Gasteiger partial charge in [0.05, 0.1) is 0 Å². The minimum Gasteiger partial charge on any atom is -0.0914 e. The lowest BCUT2D eigenvalue weighted by atomic mass is 9.83. The van der Waals surface area contributed by atoms with Crippen LogP contribution in [0.3, 0.4) is 0 Å². The third kappa shape index (κ3) is 3.60. The van der Waals surface area contributed by atoms with Crippen LogP contribution in [0.5, 0.6) is 0 Å². The number of rotatable bonds is 4. The minimum absolute atomic E-state index is 0.731. The van der Waals surface area contributed by atoms with Gasteiger partial charge in [-0.1, -0.05) is 46.3 Å². The Kier molecular flexibility index (Phi) is 5.27. The second-order valence-corrected chi connectivity index (χ2v) is 3.63. The molecule has 0 N–H and O–H groups in total. The van der Waals surface area contributed by atoms with Crippen LogP contribution < -0.4 is 0 Å². The molecule has 0 spiro atoms. The van der Waals surface area contributed by atoms with Crippen molar-refractivity contribution in [1.82, 2.24) is 0 Å². The molecular formula is C11H22. The molecule has 0 aromatic heterocycles. The van der Waals surface area contributed by atoms with Crippen molar-refractivity contribution in [2.45, 2.75) is 41.0 Å². The van der Waals surface area contributed by atoms with E-state index < -0.39 is 0 Å². The summed E-state index contributed by atoms with van der Waals surface area (Å²) in [5.41, 5.74) is 0. The molecular weight excluding hydrogens is 132 g/mol. The number of hydrogen-bond donors (Lipinski definition) is 0. The van der Waals surface area contributed by atoms with Crippen molar-refractivity contribution < 1.29 is 0 Å². The highest BCUT2D eigenvalue weighted by molar-refractivity contribution is 4.86. The third-order valence-corrected chi connectivity index (χ3v) is 2.87. The van der Waals surface area contributed by atoms with E-state index in [-0.39, 0.29) is 0 Å². The molecule has 3 atom stereocenters. The molecule has 0 saturated heterocycles. The first-order valence-corrected chi connectivity index (χ1v) is 4.76. The quantitative estimate of drug-likeness (QED) is 0.539. The maximum Gasteiger partial charge on any atom is -0.0234 e. The second-order valence-electron chi connectivity index (χ2n) is 3.63. The average molecular weight is 154 g/mol. The van der Waals surface area contributed by atoms with E-state index in [1.165, 1.54) is 6.42 Å². The van der Waals surface area contributed by atoms with Gasteiger partial charge in [-0.05, 0) is 24.7 Å². The predicted molar refractivity (Wildman–Crippen MR) is 52.6 cm³/mol. The van der Waals surface area contributed by atoms with Gasteiger partial charge in [0, 0.05) is 0 Å². The van der Waals surface area contributed by atoms with Crippen molar-refractivity contribution in [1.29, 1.82) is 0 Å². The van der Waals surface area contributed by atoms with Gasteiger partial charge in [0.15, 0.2) is 0 Å². The molecule has 0 heterocycles. The van der Waals surface area contributed by atoms with Crippen LogP contribution in [0.2, 0.25) is 0 Å². The van der Waals surface area contributed by atoms with Crippen LogP contribution in [-0.2, 0) is 0 Å². The van der Waals surface area contributed by atoms with E-state index in [2.05, 4.69) is 46.8 Å². The van der Waals surface area contributed by atoms with E-state index >= 15 is 0 Å². The first-order chi connectivity index (χ1) is 5.13. The maximum absolute atomic E-state index is 2.35. The molecule has 0 aliphatic rings.